The average Bonchev–Trinajstić information content (AvgIpc) is 2.60. The van der Waals surface area contributed by atoms with Gasteiger partial charge in [-0.05, 0) is 31.9 Å². The maximum atomic E-state index is 9.96. The van der Waals surface area contributed by atoms with Crippen molar-refractivity contribution < 1.29 is 9.84 Å². The fourth-order valence-corrected chi connectivity index (χ4v) is 4.00. The Hall–Kier alpha value is -1.17. The number of aromatic nitrogens is 1. The zero-order valence-electron chi connectivity index (χ0n) is 14.2. The van der Waals surface area contributed by atoms with Crippen LogP contribution in [0.2, 0.25) is 0 Å². The van der Waals surface area contributed by atoms with E-state index in [2.05, 4.69) is 15.2 Å². The van der Waals surface area contributed by atoms with Crippen LogP contribution in [0.5, 0.6) is 5.75 Å². The second-order valence-corrected chi connectivity index (χ2v) is 6.91. The first-order chi connectivity index (χ1) is 11.2. The molecule has 0 aromatic carbocycles. The number of aryl methyl sites for hydroxylation is 1. The molecule has 0 bridgehead atoms. The maximum absolute atomic E-state index is 9.96. The third-order valence-corrected chi connectivity index (χ3v) is 5.30. The molecule has 1 saturated carbocycles. The number of nitrogens with zero attached hydrogens (tertiary/aromatic N) is 2. The van der Waals surface area contributed by atoms with Crippen LogP contribution in [0.3, 0.4) is 0 Å². The monoisotopic (exact) mass is 319 g/mol. The Kier molecular flexibility index (Phi) is 5.51. The summed E-state index contributed by atoms with van der Waals surface area (Å²) in [4.78, 5) is 7.08. The lowest BCUT2D eigenvalue weighted by molar-refractivity contribution is -0.0369. The van der Waals surface area contributed by atoms with E-state index in [0.29, 0.717) is 6.54 Å². The molecular formula is C18H29N3O2. The van der Waals surface area contributed by atoms with Gasteiger partial charge in [0.2, 0.25) is 0 Å². The first kappa shape index (κ1) is 16.7. The van der Waals surface area contributed by atoms with Crippen molar-refractivity contribution in [3.63, 3.8) is 0 Å². The van der Waals surface area contributed by atoms with E-state index < -0.39 is 0 Å². The maximum Gasteiger partial charge on any atom is 0.138 e. The summed E-state index contributed by atoms with van der Waals surface area (Å²) < 4.78 is 5.53. The molecule has 3 rings (SSSR count). The van der Waals surface area contributed by atoms with Crippen molar-refractivity contribution in [2.45, 2.75) is 51.1 Å². The Bertz CT molecular complexity index is 509. The molecule has 1 aliphatic carbocycles. The molecule has 2 heterocycles. The van der Waals surface area contributed by atoms with Gasteiger partial charge in [0.25, 0.3) is 0 Å². The second kappa shape index (κ2) is 7.60. The molecule has 1 saturated heterocycles. The molecule has 128 valence electrons. The number of aromatic hydroxyl groups is 1. The van der Waals surface area contributed by atoms with Crippen LogP contribution in [-0.4, -0.2) is 53.4 Å². The molecule has 5 heteroatoms. The van der Waals surface area contributed by atoms with Gasteiger partial charge in [0, 0.05) is 37.4 Å². The van der Waals surface area contributed by atoms with E-state index in [1.807, 2.05) is 13.0 Å². The molecule has 0 atom stereocenters. The minimum absolute atomic E-state index is 0.251. The van der Waals surface area contributed by atoms with Crippen molar-refractivity contribution >= 4 is 0 Å². The Morgan fingerprint density at radius 3 is 2.70 bits per heavy atom. The number of pyridine rings is 1. The Labute approximate surface area is 139 Å². The highest BCUT2D eigenvalue weighted by atomic mass is 16.5. The highest BCUT2D eigenvalue weighted by molar-refractivity contribution is 5.27. The number of hydrogen-bond donors (Lipinski definition) is 2. The van der Waals surface area contributed by atoms with Gasteiger partial charge in [-0.2, -0.15) is 0 Å². The summed E-state index contributed by atoms with van der Waals surface area (Å²) in [5.74, 6) is 0.284. The lowest BCUT2D eigenvalue weighted by Gasteiger charge is -2.48. The van der Waals surface area contributed by atoms with E-state index in [9.17, 15) is 5.11 Å². The van der Waals surface area contributed by atoms with Gasteiger partial charge in [0.05, 0.1) is 18.9 Å². The van der Waals surface area contributed by atoms with Crippen LogP contribution >= 0.6 is 0 Å². The van der Waals surface area contributed by atoms with Crippen molar-refractivity contribution in [3.05, 3.63) is 23.5 Å². The largest absolute Gasteiger partial charge is 0.506 e. The smallest absolute Gasteiger partial charge is 0.138 e. The zero-order chi connectivity index (χ0) is 16.1. The summed E-state index contributed by atoms with van der Waals surface area (Å²) in [6.45, 7) is 7.32. The fourth-order valence-electron chi connectivity index (χ4n) is 4.00. The first-order valence-corrected chi connectivity index (χ1v) is 8.89. The number of morpholine rings is 1. The van der Waals surface area contributed by atoms with Crippen molar-refractivity contribution in [1.29, 1.82) is 0 Å². The Morgan fingerprint density at radius 1 is 1.22 bits per heavy atom. The molecule has 1 aromatic rings. The van der Waals surface area contributed by atoms with E-state index in [1.54, 1.807) is 6.07 Å². The number of rotatable bonds is 5. The fraction of sp³-hybridized carbons (Fsp3) is 0.722. The first-order valence-electron chi connectivity index (χ1n) is 8.89. The van der Waals surface area contributed by atoms with E-state index in [1.165, 1.54) is 32.1 Å². The van der Waals surface area contributed by atoms with Crippen molar-refractivity contribution in [3.8, 4) is 5.75 Å². The van der Waals surface area contributed by atoms with E-state index in [4.69, 9.17) is 4.74 Å². The quantitative estimate of drug-likeness (QED) is 0.871. The topological polar surface area (TPSA) is 57.6 Å². The lowest BCUT2D eigenvalue weighted by Crippen LogP contribution is -2.59. The van der Waals surface area contributed by atoms with Gasteiger partial charge >= 0.3 is 0 Å². The standard InChI is InChI=1S/C18H29N3O2/c1-15-5-6-17(22)16(20-15)13-19-14-18(7-3-2-4-8-18)21-9-11-23-12-10-21/h5-6,19,22H,2-4,7-14H2,1H3. The van der Waals surface area contributed by atoms with Gasteiger partial charge in [-0.15, -0.1) is 0 Å². The molecular weight excluding hydrogens is 290 g/mol. The van der Waals surface area contributed by atoms with Gasteiger partial charge in [0.1, 0.15) is 5.75 Å². The van der Waals surface area contributed by atoms with Crippen LogP contribution in [0, 0.1) is 6.92 Å². The zero-order valence-corrected chi connectivity index (χ0v) is 14.2. The van der Waals surface area contributed by atoms with Crippen LogP contribution in [0.1, 0.15) is 43.5 Å². The molecule has 2 N–H and O–H groups in total. The highest BCUT2D eigenvalue weighted by Crippen LogP contribution is 2.34. The van der Waals surface area contributed by atoms with Crippen LogP contribution in [0.25, 0.3) is 0 Å². The molecule has 2 aliphatic rings. The predicted molar refractivity (Wildman–Crippen MR) is 90.6 cm³/mol. The van der Waals surface area contributed by atoms with Gasteiger partial charge < -0.3 is 15.2 Å². The lowest BCUT2D eigenvalue weighted by atomic mass is 9.79. The normalized spacial score (nSPS) is 22.1. The van der Waals surface area contributed by atoms with Crippen molar-refractivity contribution in [2.75, 3.05) is 32.8 Å². The van der Waals surface area contributed by atoms with E-state index in [-0.39, 0.29) is 11.3 Å². The number of ether oxygens (including phenoxy) is 1. The van der Waals surface area contributed by atoms with Crippen LogP contribution in [0.15, 0.2) is 12.1 Å². The molecule has 0 spiro atoms. The molecule has 1 aromatic heterocycles. The molecule has 0 radical (unpaired) electrons. The Balaban J connectivity index is 1.63. The molecule has 1 aliphatic heterocycles. The summed E-state index contributed by atoms with van der Waals surface area (Å²) >= 11 is 0. The molecule has 0 amide bonds. The summed E-state index contributed by atoms with van der Waals surface area (Å²) in [6, 6.07) is 3.58. The van der Waals surface area contributed by atoms with Crippen molar-refractivity contribution in [1.82, 2.24) is 15.2 Å². The minimum atomic E-state index is 0.251. The van der Waals surface area contributed by atoms with Gasteiger partial charge in [-0.1, -0.05) is 19.3 Å². The third-order valence-electron chi connectivity index (χ3n) is 5.30. The second-order valence-electron chi connectivity index (χ2n) is 6.91. The van der Waals surface area contributed by atoms with Crippen LogP contribution in [-0.2, 0) is 11.3 Å². The molecule has 23 heavy (non-hydrogen) atoms. The Morgan fingerprint density at radius 2 is 1.96 bits per heavy atom. The molecule has 5 nitrogen and oxygen atoms in total. The van der Waals surface area contributed by atoms with Crippen molar-refractivity contribution in [2.24, 2.45) is 0 Å². The third kappa shape index (κ3) is 4.03. The summed E-state index contributed by atoms with van der Waals surface area (Å²) in [5.41, 5.74) is 1.94. The van der Waals surface area contributed by atoms with Gasteiger partial charge in [0.15, 0.2) is 0 Å². The van der Waals surface area contributed by atoms with Gasteiger partial charge in [-0.25, -0.2) is 0 Å². The van der Waals surface area contributed by atoms with Crippen LogP contribution in [0.4, 0.5) is 0 Å². The van der Waals surface area contributed by atoms with Gasteiger partial charge in [-0.3, -0.25) is 9.88 Å². The predicted octanol–water partition coefficient (Wildman–Crippen LogP) is 2.22. The SMILES string of the molecule is Cc1ccc(O)c(CNCC2(N3CCOCC3)CCCCC2)n1. The summed E-state index contributed by atoms with van der Waals surface area (Å²) in [6.07, 6.45) is 6.49. The van der Waals surface area contributed by atoms with E-state index >= 15 is 0 Å². The molecule has 2 fully saturated rings. The minimum Gasteiger partial charge on any atom is -0.506 e. The number of hydrogen-bond acceptors (Lipinski definition) is 5. The summed E-state index contributed by atoms with van der Waals surface area (Å²) in [7, 11) is 0. The average molecular weight is 319 g/mol. The highest BCUT2D eigenvalue weighted by Gasteiger charge is 2.38. The molecule has 0 unspecified atom stereocenters. The van der Waals surface area contributed by atoms with Crippen LogP contribution < -0.4 is 5.32 Å². The van der Waals surface area contributed by atoms with E-state index in [0.717, 1.165) is 44.2 Å². The number of nitrogens with one attached hydrogen (secondary N) is 1. The summed E-state index contributed by atoms with van der Waals surface area (Å²) in [5, 5.41) is 13.5.